The average molecular weight is 575 g/mol. The van der Waals surface area contributed by atoms with Gasteiger partial charge in [0, 0.05) is 13.0 Å². The van der Waals surface area contributed by atoms with E-state index in [4.69, 9.17) is 14.2 Å². The highest BCUT2D eigenvalue weighted by Gasteiger charge is 2.42. The molecule has 9 heteroatoms. The maximum absolute atomic E-state index is 14.1. The zero-order valence-electron chi connectivity index (χ0n) is 23.9. The Morgan fingerprint density at radius 2 is 1.64 bits per heavy atom. The third-order valence-electron chi connectivity index (χ3n) is 7.37. The van der Waals surface area contributed by atoms with Gasteiger partial charge in [0.25, 0.3) is 5.91 Å². The molecule has 220 valence electrons. The van der Waals surface area contributed by atoms with Gasteiger partial charge in [0.05, 0.1) is 24.3 Å². The van der Waals surface area contributed by atoms with Crippen LogP contribution in [-0.2, 0) is 25.4 Å². The fraction of sp³-hybridized carbons (Fsp3) is 0.364. The minimum atomic E-state index is -0.927. The molecule has 42 heavy (non-hydrogen) atoms. The Hall–Kier alpha value is -4.24. The Labute approximate surface area is 244 Å². The van der Waals surface area contributed by atoms with E-state index in [0.717, 1.165) is 16.7 Å². The van der Waals surface area contributed by atoms with Crippen LogP contribution in [0, 0.1) is 5.82 Å². The van der Waals surface area contributed by atoms with Crippen LogP contribution in [0.15, 0.2) is 78.9 Å². The number of halogens is 1. The lowest BCUT2D eigenvalue weighted by Gasteiger charge is -2.42. The first kappa shape index (κ1) is 29.3. The summed E-state index contributed by atoms with van der Waals surface area (Å²) in [6, 6.07) is 21.4. The minimum Gasteiger partial charge on any atom is -0.456 e. The topological polar surface area (TPSA) is 94.2 Å². The SMILES string of the molecule is CC(C)(C)OC(=O)N[C@H]1CO[C@H](C(=O)N2CCc3ccccc3[C@@H]2c2ccc(F)cc2)CC1OC(=O)c1ccccc1. The summed E-state index contributed by atoms with van der Waals surface area (Å²) >= 11 is 0. The monoisotopic (exact) mass is 574 g/mol. The molecule has 2 amide bonds. The number of benzene rings is 3. The second kappa shape index (κ2) is 12.3. The number of nitrogens with one attached hydrogen (secondary N) is 1. The van der Waals surface area contributed by atoms with Crippen LogP contribution in [0.2, 0.25) is 0 Å². The number of alkyl carbamates (subject to hydrolysis) is 1. The molecule has 1 saturated heterocycles. The van der Waals surface area contributed by atoms with E-state index in [0.29, 0.717) is 18.5 Å². The minimum absolute atomic E-state index is 0.0339. The molecule has 8 nitrogen and oxygen atoms in total. The van der Waals surface area contributed by atoms with E-state index >= 15 is 0 Å². The number of fused-ring (bicyclic) bond motifs is 1. The number of esters is 1. The number of carbonyl (C=O) groups excluding carboxylic acids is 3. The largest absolute Gasteiger partial charge is 0.456 e. The quantitative estimate of drug-likeness (QED) is 0.421. The van der Waals surface area contributed by atoms with Gasteiger partial charge >= 0.3 is 12.1 Å². The van der Waals surface area contributed by atoms with E-state index in [-0.39, 0.29) is 24.8 Å². The molecule has 0 aromatic heterocycles. The van der Waals surface area contributed by atoms with Crippen LogP contribution < -0.4 is 5.32 Å². The lowest BCUT2D eigenvalue weighted by molar-refractivity contribution is -0.155. The summed E-state index contributed by atoms with van der Waals surface area (Å²) in [7, 11) is 0. The van der Waals surface area contributed by atoms with Crippen molar-refractivity contribution >= 4 is 18.0 Å². The third kappa shape index (κ3) is 6.79. The van der Waals surface area contributed by atoms with Gasteiger partial charge in [0.1, 0.15) is 23.6 Å². The van der Waals surface area contributed by atoms with Gasteiger partial charge in [-0.3, -0.25) is 4.79 Å². The maximum Gasteiger partial charge on any atom is 0.408 e. The highest BCUT2D eigenvalue weighted by atomic mass is 19.1. The number of carbonyl (C=O) groups is 3. The molecule has 0 spiro atoms. The molecular formula is C33H35FN2O6. The van der Waals surface area contributed by atoms with Crippen molar-refractivity contribution in [3.8, 4) is 0 Å². The maximum atomic E-state index is 14.1. The predicted molar refractivity (Wildman–Crippen MR) is 153 cm³/mol. The van der Waals surface area contributed by atoms with E-state index in [2.05, 4.69) is 5.32 Å². The van der Waals surface area contributed by atoms with Crippen LogP contribution in [-0.4, -0.2) is 59.9 Å². The molecule has 3 aromatic rings. The number of rotatable bonds is 5. The molecule has 3 aromatic carbocycles. The van der Waals surface area contributed by atoms with Gasteiger partial charge in [-0.1, -0.05) is 54.6 Å². The second-order valence-corrected chi connectivity index (χ2v) is 11.6. The lowest BCUT2D eigenvalue weighted by atomic mass is 9.87. The third-order valence-corrected chi connectivity index (χ3v) is 7.37. The molecule has 0 radical (unpaired) electrons. The van der Waals surface area contributed by atoms with E-state index in [1.807, 2.05) is 24.3 Å². The van der Waals surface area contributed by atoms with Gasteiger partial charge in [0.15, 0.2) is 0 Å². The van der Waals surface area contributed by atoms with Crippen molar-refractivity contribution in [2.75, 3.05) is 13.2 Å². The molecule has 2 heterocycles. The summed E-state index contributed by atoms with van der Waals surface area (Å²) in [6.45, 7) is 5.62. The summed E-state index contributed by atoms with van der Waals surface area (Å²) in [4.78, 5) is 41.5. The smallest absolute Gasteiger partial charge is 0.408 e. The number of hydrogen-bond donors (Lipinski definition) is 1. The standard InChI is InChI=1S/C33H35FN2O6/c1-33(2,3)42-32(39)35-26-20-40-28(19-27(26)41-31(38)23-10-5-4-6-11-23)30(37)36-18-17-21-9-7-8-12-25(21)29(36)22-13-15-24(34)16-14-22/h4-16,26-29H,17-20H2,1-3H3,(H,35,39)/t26-,27?,28-,29-/m0/s1. The Morgan fingerprint density at radius 3 is 2.36 bits per heavy atom. The van der Waals surface area contributed by atoms with Crippen molar-refractivity contribution in [3.63, 3.8) is 0 Å². The number of amides is 2. The number of nitrogens with zero attached hydrogens (tertiary/aromatic N) is 1. The Kier molecular flexibility index (Phi) is 8.59. The van der Waals surface area contributed by atoms with Gasteiger partial charge < -0.3 is 24.4 Å². The van der Waals surface area contributed by atoms with E-state index in [1.54, 1.807) is 68.1 Å². The highest BCUT2D eigenvalue weighted by Crippen LogP contribution is 2.36. The Bertz CT molecular complexity index is 1420. The van der Waals surface area contributed by atoms with Gasteiger partial charge in [-0.2, -0.15) is 0 Å². The molecule has 5 rings (SSSR count). The fourth-order valence-corrected chi connectivity index (χ4v) is 5.44. The predicted octanol–water partition coefficient (Wildman–Crippen LogP) is 5.21. The van der Waals surface area contributed by atoms with E-state index < -0.39 is 42.0 Å². The second-order valence-electron chi connectivity index (χ2n) is 11.6. The number of hydrogen-bond acceptors (Lipinski definition) is 6. The van der Waals surface area contributed by atoms with Crippen LogP contribution in [0.25, 0.3) is 0 Å². The van der Waals surface area contributed by atoms with Crippen molar-refractivity contribution in [3.05, 3.63) is 107 Å². The van der Waals surface area contributed by atoms with E-state index in [1.165, 1.54) is 12.1 Å². The first-order valence-corrected chi connectivity index (χ1v) is 14.1. The zero-order valence-corrected chi connectivity index (χ0v) is 23.9. The van der Waals surface area contributed by atoms with Crippen molar-refractivity contribution in [2.24, 2.45) is 0 Å². The number of ether oxygens (including phenoxy) is 3. The van der Waals surface area contributed by atoms with Crippen molar-refractivity contribution in [2.45, 2.75) is 63.5 Å². The average Bonchev–Trinajstić information content (AvgIpc) is 2.97. The molecule has 0 bridgehead atoms. The van der Waals surface area contributed by atoms with Crippen LogP contribution in [0.4, 0.5) is 9.18 Å². The van der Waals surface area contributed by atoms with Gasteiger partial charge in [-0.15, -0.1) is 0 Å². The molecule has 1 N–H and O–H groups in total. The molecule has 1 unspecified atom stereocenters. The fourth-order valence-electron chi connectivity index (χ4n) is 5.44. The Morgan fingerprint density at radius 1 is 0.952 bits per heavy atom. The van der Waals surface area contributed by atoms with Crippen LogP contribution in [0.3, 0.4) is 0 Å². The summed E-state index contributed by atoms with van der Waals surface area (Å²) in [6.07, 6.45) is -1.77. The summed E-state index contributed by atoms with van der Waals surface area (Å²) in [5, 5.41) is 2.75. The van der Waals surface area contributed by atoms with Crippen molar-refractivity contribution < 1.29 is 33.0 Å². The van der Waals surface area contributed by atoms with Crippen molar-refractivity contribution in [1.82, 2.24) is 10.2 Å². The normalized spacial score (nSPS) is 22.0. The van der Waals surface area contributed by atoms with Gasteiger partial charge in [0.2, 0.25) is 0 Å². The van der Waals surface area contributed by atoms with Crippen LogP contribution in [0.5, 0.6) is 0 Å². The first-order chi connectivity index (χ1) is 20.1. The first-order valence-electron chi connectivity index (χ1n) is 14.1. The molecule has 2 aliphatic rings. The molecule has 2 aliphatic heterocycles. The summed E-state index contributed by atoms with van der Waals surface area (Å²) < 4.78 is 31.1. The van der Waals surface area contributed by atoms with E-state index in [9.17, 15) is 18.8 Å². The summed E-state index contributed by atoms with van der Waals surface area (Å²) in [5.41, 5.74) is 2.50. The Balaban J connectivity index is 1.39. The van der Waals surface area contributed by atoms with Crippen molar-refractivity contribution in [1.29, 1.82) is 0 Å². The molecular weight excluding hydrogens is 539 g/mol. The highest BCUT2D eigenvalue weighted by molar-refractivity contribution is 5.89. The van der Waals surface area contributed by atoms with Gasteiger partial charge in [-0.05, 0) is 68.1 Å². The molecule has 4 atom stereocenters. The zero-order chi connectivity index (χ0) is 29.9. The summed E-state index contributed by atoms with van der Waals surface area (Å²) in [5.74, 6) is -1.20. The van der Waals surface area contributed by atoms with Gasteiger partial charge in [-0.25, -0.2) is 14.0 Å². The molecule has 0 saturated carbocycles. The molecule has 1 fully saturated rings. The molecule has 0 aliphatic carbocycles. The lowest BCUT2D eigenvalue weighted by Crippen LogP contribution is -2.57. The van der Waals surface area contributed by atoms with Crippen LogP contribution in [0.1, 0.15) is 60.3 Å². The van der Waals surface area contributed by atoms with Crippen LogP contribution >= 0.6 is 0 Å².